The molecule has 1 aliphatic rings. The van der Waals surface area contributed by atoms with E-state index in [1.54, 1.807) is 11.3 Å². The van der Waals surface area contributed by atoms with Gasteiger partial charge in [-0.05, 0) is 36.4 Å². The van der Waals surface area contributed by atoms with E-state index in [1.807, 2.05) is 24.3 Å². The Morgan fingerprint density at radius 1 is 1.25 bits per heavy atom. The molecule has 0 unspecified atom stereocenters. The molecule has 0 spiro atoms. The van der Waals surface area contributed by atoms with Gasteiger partial charge in [-0.15, -0.1) is 11.3 Å². The highest BCUT2D eigenvalue weighted by molar-refractivity contribution is 9.10. The first kappa shape index (κ1) is 14.0. The van der Waals surface area contributed by atoms with E-state index >= 15 is 0 Å². The minimum absolute atomic E-state index is 0.209. The Morgan fingerprint density at radius 2 is 2.00 bits per heavy atom. The van der Waals surface area contributed by atoms with Crippen LogP contribution < -0.4 is 0 Å². The molecule has 104 valence electrons. The Bertz CT molecular complexity index is 575. The summed E-state index contributed by atoms with van der Waals surface area (Å²) < 4.78 is 1.01. The Kier molecular flexibility index (Phi) is 4.34. The highest BCUT2D eigenvalue weighted by atomic mass is 79.9. The zero-order valence-corrected chi connectivity index (χ0v) is 13.5. The van der Waals surface area contributed by atoms with Gasteiger partial charge in [0.15, 0.2) is 5.78 Å². The van der Waals surface area contributed by atoms with Gasteiger partial charge in [0.2, 0.25) is 0 Å². The summed E-state index contributed by atoms with van der Waals surface area (Å²) in [5, 5.41) is 2.09. The fourth-order valence-corrected chi connectivity index (χ4v) is 3.26. The summed E-state index contributed by atoms with van der Waals surface area (Å²) in [5.74, 6) is 0.209. The first-order valence-corrected chi connectivity index (χ1v) is 8.45. The van der Waals surface area contributed by atoms with E-state index in [0.717, 1.165) is 16.6 Å². The molecule has 0 amide bonds. The van der Waals surface area contributed by atoms with Crippen LogP contribution in [0.1, 0.15) is 28.1 Å². The van der Waals surface area contributed by atoms with Crippen LogP contribution in [-0.4, -0.2) is 23.3 Å². The van der Waals surface area contributed by atoms with Crippen molar-refractivity contribution in [1.29, 1.82) is 0 Å². The van der Waals surface area contributed by atoms with Crippen LogP contribution in [0, 0.1) is 0 Å². The molecular formula is C16H16BrNOS. The van der Waals surface area contributed by atoms with Gasteiger partial charge in [-0.25, -0.2) is 0 Å². The van der Waals surface area contributed by atoms with Gasteiger partial charge in [0.25, 0.3) is 0 Å². The highest BCUT2D eigenvalue weighted by Gasteiger charge is 2.30. The Labute approximate surface area is 131 Å². The van der Waals surface area contributed by atoms with Gasteiger partial charge in [0.05, 0.1) is 6.54 Å². The molecule has 1 aliphatic carbocycles. The molecule has 3 rings (SSSR count). The molecule has 0 N–H and O–H groups in total. The number of thiophene rings is 1. The number of ketones is 1. The van der Waals surface area contributed by atoms with Crippen molar-refractivity contribution in [2.45, 2.75) is 25.4 Å². The lowest BCUT2D eigenvalue weighted by molar-refractivity contribution is 0.0920. The Balaban J connectivity index is 1.67. The van der Waals surface area contributed by atoms with Gasteiger partial charge in [0.1, 0.15) is 0 Å². The number of carbonyl (C=O) groups is 1. The zero-order valence-electron chi connectivity index (χ0n) is 11.1. The molecule has 0 aliphatic heterocycles. The second kappa shape index (κ2) is 6.20. The standard InChI is InChI=1S/C16H16BrNOS/c17-13-5-3-12(4-6-13)16(19)11-18(14-7-8-14)10-15-2-1-9-20-15/h1-6,9,14H,7-8,10-11H2. The van der Waals surface area contributed by atoms with E-state index < -0.39 is 0 Å². The average Bonchev–Trinajstić information content (AvgIpc) is 3.17. The predicted molar refractivity (Wildman–Crippen MR) is 86.2 cm³/mol. The molecule has 1 aromatic carbocycles. The monoisotopic (exact) mass is 349 g/mol. The zero-order chi connectivity index (χ0) is 13.9. The molecule has 0 saturated heterocycles. The van der Waals surface area contributed by atoms with Crippen LogP contribution >= 0.6 is 27.3 Å². The van der Waals surface area contributed by atoms with Crippen LogP contribution in [0.25, 0.3) is 0 Å². The Morgan fingerprint density at radius 3 is 2.60 bits per heavy atom. The quantitative estimate of drug-likeness (QED) is 0.722. The number of hydrogen-bond acceptors (Lipinski definition) is 3. The lowest BCUT2D eigenvalue weighted by atomic mass is 10.1. The summed E-state index contributed by atoms with van der Waals surface area (Å²) in [4.78, 5) is 16.0. The third-order valence-electron chi connectivity index (χ3n) is 3.52. The molecule has 1 fully saturated rings. The van der Waals surface area contributed by atoms with Crippen LogP contribution in [0.2, 0.25) is 0 Å². The van der Waals surface area contributed by atoms with Gasteiger partial charge in [-0.2, -0.15) is 0 Å². The van der Waals surface area contributed by atoms with Crippen molar-refractivity contribution in [3.8, 4) is 0 Å². The minimum atomic E-state index is 0.209. The average molecular weight is 350 g/mol. The predicted octanol–water partition coefficient (Wildman–Crippen LogP) is 4.36. The number of halogens is 1. The SMILES string of the molecule is O=C(CN(Cc1cccs1)C1CC1)c1ccc(Br)cc1. The van der Waals surface area contributed by atoms with Crippen molar-refractivity contribution in [3.05, 3.63) is 56.7 Å². The van der Waals surface area contributed by atoms with Crippen molar-refractivity contribution >= 4 is 33.0 Å². The van der Waals surface area contributed by atoms with Crippen molar-refractivity contribution < 1.29 is 4.79 Å². The first-order chi connectivity index (χ1) is 9.72. The van der Waals surface area contributed by atoms with E-state index in [2.05, 4.69) is 38.3 Å². The van der Waals surface area contributed by atoms with E-state index in [9.17, 15) is 4.79 Å². The van der Waals surface area contributed by atoms with Crippen molar-refractivity contribution in [3.63, 3.8) is 0 Å². The third kappa shape index (κ3) is 3.57. The maximum Gasteiger partial charge on any atom is 0.176 e. The van der Waals surface area contributed by atoms with Crippen LogP contribution in [-0.2, 0) is 6.54 Å². The molecular weight excluding hydrogens is 334 g/mol. The molecule has 0 atom stereocenters. The number of hydrogen-bond donors (Lipinski definition) is 0. The fourth-order valence-electron chi connectivity index (χ4n) is 2.27. The topological polar surface area (TPSA) is 20.3 Å². The van der Waals surface area contributed by atoms with E-state index in [0.29, 0.717) is 12.6 Å². The lowest BCUT2D eigenvalue weighted by Crippen LogP contribution is -2.31. The number of nitrogens with zero attached hydrogens (tertiary/aromatic N) is 1. The smallest absolute Gasteiger partial charge is 0.176 e. The van der Waals surface area contributed by atoms with E-state index in [4.69, 9.17) is 0 Å². The highest BCUT2D eigenvalue weighted by Crippen LogP contribution is 2.29. The molecule has 1 saturated carbocycles. The first-order valence-electron chi connectivity index (χ1n) is 6.77. The molecule has 1 aromatic heterocycles. The minimum Gasteiger partial charge on any atom is -0.293 e. The van der Waals surface area contributed by atoms with Gasteiger partial charge < -0.3 is 0 Å². The molecule has 2 nitrogen and oxygen atoms in total. The summed E-state index contributed by atoms with van der Waals surface area (Å²) in [6, 6.07) is 12.4. The molecule has 0 bridgehead atoms. The molecule has 0 radical (unpaired) electrons. The lowest BCUT2D eigenvalue weighted by Gasteiger charge is -2.20. The van der Waals surface area contributed by atoms with Crippen LogP contribution in [0.4, 0.5) is 0 Å². The number of carbonyl (C=O) groups excluding carboxylic acids is 1. The third-order valence-corrected chi connectivity index (χ3v) is 4.91. The number of rotatable bonds is 6. The summed E-state index contributed by atoms with van der Waals surface area (Å²) in [6.07, 6.45) is 2.44. The largest absolute Gasteiger partial charge is 0.293 e. The summed E-state index contributed by atoms with van der Waals surface area (Å²) in [6.45, 7) is 1.41. The molecule has 4 heteroatoms. The number of benzene rings is 1. The van der Waals surface area contributed by atoms with Gasteiger partial charge in [0, 0.05) is 27.5 Å². The maximum absolute atomic E-state index is 12.4. The van der Waals surface area contributed by atoms with Crippen LogP contribution in [0.15, 0.2) is 46.3 Å². The van der Waals surface area contributed by atoms with Gasteiger partial charge in [-0.1, -0.05) is 34.1 Å². The molecule has 1 heterocycles. The summed E-state index contributed by atoms with van der Waals surface area (Å²) >= 11 is 5.16. The van der Waals surface area contributed by atoms with Crippen LogP contribution in [0.5, 0.6) is 0 Å². The summed E-state index contributed by atoms with van der Waals surface area (Å²) in [7, 11) is 0. The number of Topliss-reactive ketones (excluding diaryl/α,β-unsaturated/α-hetero) is 1. The van der Waals surface area contributed by atoms with Crippen LogP contribution in [0.3, 0.4) is 0 Å². The summed E-state index contributed by atoms with van der Waals surface area (Å²) in [5.41, 5.74) is 0.796. The van der Waals surface area contributed by atoms with E-state index in [1.165, 1.54) is 17.7 Å². The Hall–Kier alpha value is -0.970. The van der Waals surface area contributed by atoms with E-state index in [-0.39, 0.29) is 5.78 Å². The van der Waals surface area contributed by atoms with Gasteiger partial charge >= 0.3 is 0 Å². The van der Waals surface area contributed by atoms with Crippen molar-refractivity contribution in [2.75, 3.05) is 6.54 Å². The van der Waals surface area contributed by atoms with Crippen molar-refractivity contribution in [1.82, 2.24) is 4.90 Å². The maximum atomic E-state index is 12.4. The fraction of sp³-hybridized carbons (Fsp3) is 0.312. The van der Waals surface area contributed by atoms with Gasteiger partial charge in [-0.3, -0.25) is 9.69 Å². The normalized spacial score (nSPS) is 14.7. The second-order valence-corrected chi connectivity index (χ2v) is 7.09. The second-order valence-electron chi connectivity index (χ2n) is 5.15. The molecule has 20 heavy (non-hydrogen) atoms. The van der Waals surface area contributed by atoms with Crippen molar-refractivity contribution in [2.24, 2.45) is 0 Å². The molecule has 2 aromatic rings.